The molecule has 3 heterocycles. The van der Waals surface area contributed by atoms with Crippen molar-refractivity contribution in [3.63, 3.8) is 0 Å². The van der Waals surface area contributed by atoms with Gasteiger partial charge >= 0.3 is 0 Å². The fraction of sp³-hybridized carbons (Fsp3) is 0.190. The molecule has 0 amide bonds. The van der Waals surface area contributed by atoms with Crippen LogP contribution in [-0.2, 0) is 0 Å². The van der Waals surface area contributed by atoms with E-state index in [1.807, 2.05) is 49.4 Å². The van der Waals surface area contributed by atoms with Gasteiger partial charge in [0, 0.05) is 6.42 Å². The summed E-state index contributed by atoms with van der Waals surface area (Å²) in [6.45, 7) is 2.22. The predicted octanol–water partition coefficient (Wildman–Crippen LogP) is 4.99. The van der Waals surface area contributed by atoms with Gasteiger partial charge in [-0.15, -0.1) is 0 Å². The Labute approximate surface area is 151 Å². The number of anilines is 1. The second-order valence-corrected chi connectivity index (χ2v) is 6.50. The number of fused-ring (bicyclic) bond motifs is 2. The Hall–Kier alpha value is -3.21. The number of nitrogens with zero attached hydrogens (tertiary/aromatic N) is 1. The molecule has 5 rings (SSSR count). The van der Waals surface area contributed by atoms with Gasteiger partial charge in [0.25, 0.3) is 0 Å². The van der Waals surface area contributed by atoms with E-state index in [9.17, 15) is 0 Å². The van der Waals surface area contributed by atoms with Gasteiger partial charge in [0.15, 0.2) is 11.5 Å². The standard InChI is InChI=1S/C21H18N2O3/c1-13-6-8-19(26-13)18-11-17(22-15-4-2-3-5-16(15)23-18)14-7-9-20-21(10-14)25-12-24-20/h2-10,17,22H,11-12H2,1H3. The normalized spacial score (nSPS) is 17.9. The van der Waals surface area contributed by atoms with Gasteiger partial charge < -0.3 is 19.2 Å². The van der Waals surface area contributed by atoms with Gasteiger partial charge in [0.2, 0.25) is 6.79 Å². The molecular weight excluding hydrogens is 328 g/mol. The highest BCUT2D eigenvalue weighted by molar-refractivity contribution is 6.02. The summed E-state index contributed by atoms with van der Waals surface area (Å²) in [5.74, 6) is 3.27. The Morgan fingerprint density at radius 2 is 1.88 bits per heavy atom. The van der Waals surface area contributed by atoms with Crippen LogP contribution in [0.4, 0.5) is 11.4 Å². The summed E-state index contributed by atoms with van der Waals surface area (Å²) >= 11 is 0. The van der Waals surface area contributed by atoms with Crippen molar-refractivity contribution in [2.75, 3.05) is 12.1 Å². The van der Waals surface area contributed by atoms with Gasteiger partial charge in [-0.05, 0) is 48.9 Å². The minimum atomic E-state index is 0.0531. The highest BCUT2D eigenvalue weighted by Crippen LogP contribution is 2.39. The number of hydrogen-bond donors (Lipinski definition) is 1. The van der Waals surface area contributed by atoms with Crippen molar-refractivity contribution < 1.29 is 13.9 Å². The Morgan fingerprint density at radius 1 is 1.00 bits per heavy atom. The zero-order valence-corrected chi connectivity index (χ0v) is 14.4. The summed E-state index contributed by atoms with van der Waals surface area (Å²) in [5.41, 5.74) is 3.98. The van der Waals surface area contributed by atoms with Crippen molar-refractivity contribution in [2.24, 2.45) is 4.99 Å². The van der Waals surface area contributed by atoms with Crippen molar-refractivity contribution in [3.05, 3.63) is 71.7 Å². The molecule has 0 aliphatic carbocycles. The molecule has 1 N–H and O–H groups in total. The molecule has 0 spiro atoms. The minimum Gasteiger partial charge on any atom is -0.460 e. The number of nitrogens with one attached hydrogen (secondary N) is 1. The highest BCUT2D eigenvalue weighted by Gasteiger charge is 2.24. The van der Waals surface area contributed by atoms with Crippen LogP contribution in [0.2, 0.25) is 0 Å². The Balaban J connectivity index is 1.58. The number of ether oxygens (including phenoxy) is 2. The zero-order valence-electron chi connectivity index (χ0n) is 14.4. The summed E-state index contributed by atoms with van der Waals surface area (Å²) in [6, 6.07) is 18.2. The lowest BCUT2D eigenvalue weighted by atomic mass is 9.99. The van der Waals surface area contributed by atoms with E-state index in [-0.39, 0.29) is 12.8 Å². The van der Waals surface area contributed by atoms with E-state index in [2.05, 4.69) is 17.4 Å². The molecule has 1 aromatic heterocycles. The van der Waals surface area contributed by atoms with Gasteiger partial charge in [-0.3, -0.25) is 0 Å². The molecular formula is C21H18N2O3. The molecule has 5 nitrogen and oxygen atoms in total. The first-order valence-corrected chi connectivity index (χ1v) is 8.66. The lowest BCUT2D eigenvalue weighted by molar-refractivity contribution is 0.174. The van der Waals surface area contributed by atoms with E-state index >= 15 is 0 Å². The summed E-state index contributed by atoms with van der Waals surface area (Å²) in [5, 5.41) is 3.62. The van der Waals surface area contributed by atoms with Crippen molar-refractivity contribution in [1.82, 2.24) is 0 Å². The third-order valence-electron chi connectivity index (χ3n) is 4.71. The number of aliphatic imine (C=N–C) groups is 1. The molecule has 1 unspecified atom stereocenters. The molecule has 0 saturated heterocycles. The Kier molecular flexibility index (Phi) is 3.45. The van der Waals surface area contributed by atoms with Crippen LogP contribution in [-0.4, -0.2) is 12.5 Å². The SMILES string of the molecule is Cc1ccc(C2=Nc3ccccc3NC(c3ccc4c(c3)OCO4)C2)o1. The molecule has 0 saturated carbocycles. The smallest absolute Gasteiger partial charge is 0.231 e. The van der Waals surface area contributed by atoms with E-state index in [0.717, 1.165) is 45.7 Å². The summed E-state index contributed by atoms with van der Waals surface area (Å²) < 4.78 is 16.8. The molecule has 26 heavy (non-hydrogen) atoms. The molecule has 2 aliphatic rings. The van der Waals surface area contributed by atoms with E-state index in [4.69, 9.17) is 18.9 Å². The van der Waals surface area contributed by atoms with Crippen LogP contribution in [0.25, 0.3) is 0 Å². The second-order valence-electron chi connectivity index (χ2n) is 6.50. The van der Waals surface area contributed by atoms with Gasteiger partial charge in [-0.25, -0.2) is 4.99 Å². The molecule has 2 aliphatic heterocycles. The zero-order chi connectivity index (χ0) is 17.5. The van der Waals surface area contributed by atoms with Crippen LogP contribution in [0.3, 0.4) is 0 Å². The van der Waals surface area contributed by atoms with Crippen LogP contribution < -0.4 is 14.8 Å². The number of furan rings is 1. The first-order chi connectivity index (χ1) is 12.8. The summed E-state index contributed by atoms with van der Waals surface area (Å²) in [4.78, 5) is 4.88. The van der Waals surface area contributed by atoms with E-state index in [1.165, 1.54) is 0 Å². The quantitative estimate of drug-likeness (QED) is 0.710. The monoisotopic (exact) mass is 346 g/mol. The predicted molar refractivity (Wildman–Crippen MR) is 99.6 cm³/mol. The van der Waals surface area contributed by atoms with E-state index in [0.29, 0.717) is 6.42 Å². The number of para-hydroxylation sites is 2. The van der Waals surface area contributed by atoms with Gasteiger partial charge in [-0.1, -0.05) is 18.2 Å². The van der Waals surface area contributed by atoms with Crippen LogP contribution in [0.15, 0.2) is 64.0 Å². The molecule has 0 bridgehead atoms. The van der Waals surface area contributed by atoms with Crippen molar-refractivity contribution in [3.8, 4) is 11.5 Å². The van der Waals surface area contributed by atoms with Gasteiger partial charge in [0.05, 0.1) is 23.1 Å². The van der Waals surface area contributed by atoms with Crippen molar-refractivity contribution >= 4 is 17.1 Å². The maximum Gasteiger partial charge on any atom is 0.231 e. The first-order valence-electron chi connectivity index (χ1n) is 8.66. The average Bonchev–Trinajstić information content (AvgIpc) is 3.25. The van der Waals surface area contributed by atoms with Crippen LogP contribution >= 0.6 is 0 Å². The van der Waals surface area contributed by atoms with Crippen molar-refractivity contribution in [1.29, 1.82) is 0 Å². The number of rotatable bonds is 2. The van der Waals surface area contributed by atoms with Crippen molar-refractivity contribution in [2.45, 2.75) is 19.4 Å². The Morgan fingerprint density at radius 3 is 2.77 bits per heavy atom. The molecule has 0 radical (unpaired) electrons. The fourth-order valence-electron chi connectivity index (χ4n) is 3.39. The highest BCUT2D eigenvalue weighted by atomic mass is 16.7. The number of benzene rings is 2. The topological polar surface area (TPSA) is 56.0 Å². The second kappa shape index (κ2) is 5.95. The fourth-order valence-corrected chi connectivity index (χ4v) is 3.39. The minimum absolute atomic E-state index is 0.0531. The van der Waals surface area contributed by atoms with Crippen LogP contribution in [0.1, 0.15) is 29.5 Å². The largest absolute Gasteiger partial charge is 0.460 e. The molecule has 5 heteroatoms. The molecule has 130 valence electrons. The number of aryl methyl sites for hydroxylation is 1. The lowest BCUT2D eigenvalue weighted by Gasteiger charge is -2.19. The molecule has 0 fully saturated rings. The lowest BCUT2D eigenvalue weighted by Crippen LogP contribution is -2.14. The summed E-state index contributed by atoms with van der Waals surface area (Å²) in [6.07, 6.45) is 0.710. The van der Waals surface area contributed by atoms with E-state index in [1.54, 1.807) is 0 Å². The maximum absolute atomic E-state index is 5.85. The molecule has 1 atom stereocenters. The van der Waals surface area contributed by atoms with Gasteiger partial charge in [-0.2, -0.15) is 0 Å². The van der Waals surface area contributed by atoms with Crippen LogP contribution in [0, 0.1) is 6.92 Å². The molecule has 3 aromatic rings. The van der Waals surface area contributed by atoms with Crippen LogP contribution in [0.5, 0.6) is 11.5 Å². The third kappa shape index (κ3) is 2.62. The average molecular weight is 346 g/mol. The third-order valence-corrected chi connectivity index (χ3v) is 4.71. The van der Waals surface area contributed by atoms with E-state index < -0.39 is 0 Å². The first kappa shape index (κ1) is 15.1. The van der Waals surface area contributed by atoms with Gasteiger partial charge in [0.1, 0.15) is 11.5 Å². The summed E-state index contributed by atoms with van der Waals surface area (Å²) in [7, 11) is 0. The maximum atomic E-state index is 5.85. The Bertz CT molecular complexity index is 1010. The molecule has 2 aromatic carbocycles. The number of hydrogen-bond acceptors (Lipinski definition) is 5.